The largest absolute Gasteiger partial charge is 0.490 e. The third kappa shape index (κ3) is 6.35. The maximum Gasteiger partial charge on any atom is 0.262 e. The molecule has 1 amide bonds. The summed E-state index contributed by atoms with van der Waals surface area (Å²) in [6.07, 6.45) is 6.65. The topological polar surface area (TPSA) is 50.8 Å². The third-order valence-corrected chi connectivity index (χ3v) is 7.68. The van der Waals surface area contributed by atoms with Gasteiger partial charge in [0.1, 0.15) is 0 Å². The van der Waals surface area contributed by atoms with Crippen molar-refractivity contribution in [2.75, 3.05) is 18.5 Å². The lowest BCUT2D eigenvalue weighted by atomic mass is 9.85. The van der Waals surface area contributed by atoms with E-state index in [1.165, 1.54) is 19.3 Å². The average Bonchev–Trinajstić information content (AvgIpc) is 3.14. The van der Waals surface area contributed by atoms with Gasteiger partial charge in [-0.1, -0.05) is 69.6 Å². The molecule has 6 heteroatoms. The molecule has 1 saturated heterocycles. The Balaban J connectivity index is 1.61. The van der Waals surface area contributed by atoms with Gasteiger partial charge in [-0.2, -0.15) is 0 Å². The number of carbonyl (C=O) groups is 1. The van der Waals surface area contributed by atoms with Crippen molar-refractivity contribution in [3.63, 3.8) is 0 Å². The number of nitrogens with zero attached hydrogens (tertiary/aromatic N) is 1. The van der Waals surface area contributed by atoms with Gasteiger partial charge in [-0.15, -0.1) is 0 Å². The van der Waals surface area contributed by atoms with Crippen LogP contribution in [0.4, 0.5) is 5.69 Å². The Morgan fingerprint density at radius 3 is 2.57 bits per heavy atom. The van der Waals surface area contributed by atoms with Gasteiger partial charge >= 0.3 is 0 Å². The van der Waals surface area contributed by atoms with Crippen molar-refractivity contribution in [1.29, 1.82) is 0 Å². The smallest absolute Gasteiger partial charge is 0.262 e. The highest BCUT2D eigenvalue weighted by Gasteiger charge is 2.42. The number of benzene rings is 2. The van der Waals surface area contributed by atoms with Crippen LogP contribution in [-0.2, 0) is 4.79 Å². The van der Waals surface area contributed by atoms with Crippen LogP contribution in [0.1, 0.15) is 58.9 Å². The summed E-state index contributed by atoms with van der Waals surface area (Å²) >= 11 is 1.60. The Morgan fingerprint density at radius 2 is 1.86 bits per heavy atom. The first-order chi connectivity index (χ1) is 17.0. The normalized spacial score (nSPS) is 23.7. The molecule has 188 valence electrons. The van der Waals surface area contributed by atoms with Crippen LogP contribution >= 0.6 is 11.8 Å². The molecule has 0 radical (unpaired) electrons. The maximum atomic E-state index is 13.8. The number of nitrogens with one attached hydrogen (secondary N) is 1. The van der Waals surface area contributed by atoms with E-state index in [1.54, 1.807) is 11.8 Å². The van der Waals surface area contributed by atoms with E-state index in [2.05, 4.69) is 43.1 Å². The second-order valence-corrected chi connectivity index (χ2v) is 11.0. The number of anilines is 1. The summed E-state index contributed by atoms with van der Waals surface area (Å²) in [5.41, 5.74) is 1.85. The summed E-state index contributed by atoms with van der Waals surface area (Å²) in [4.78, 5) is 16.6. The van der Waals surface area contributed by atoms with Crippen LogP contribution in [0.3, 0.4) is 0 Å². The fourth-order valence-electron chi connectivity index (χ4n) is 4.78. The Bertz CT molecular complexity index is 1020. The summed E-state index contributed by atoms with van der Waals surface area (Å²) in [7, 11) is 0. The van der Waals surface area contributed by atoms with Crippen LogP contribution in [0.5, 0.6) is 11.5 Å². The molecule has 0 spiro atoms. The second-order valence-electron chi connectivity index (χ2n) is 9.87. The maximum absolute atomic E-state index is 13.8. The molecule has 1 aliphatic heterocycles. The molecule has 2 aromatic carbocycles. The van der Waals surface area contributed by atoms with Crippen molar-refractivity contribution < 1.29 is 14.3 Å². The van der Waals surface area contributed by atoms with Gasteiger partial charge in [-0.05, 0) is 67.5 Å². The van der Waals surface area contributed by atoms with Gasteiger partial charge in [0.15, 0.2) is 17.0 Å². The predicted octanol–water partition coefficient (Wildman–Crippen LogP) is 7.01. The van der Waals surface area contributed by atoms with Crippen molar-refractivity contribution in [2.45, 2.75) is 64.9 Å². The minimum absolute atomic E-state index is 0.111. The van der Waals surface area contributed by atoms with Crippen molar-refractivity contribution >= 4 is 29.4 Å². The highest BCUT2D eigenvalue weighted by Crippen LogP contribution is 2.42. The van der Waals surface area contributed by atoms with Crippen LogP contribution < -0.4 is 14.8 Å². The van der Waals surface area contributed by atoms with Gasteiger partial charge in [-0.3, -0.25) is 4.79 Å². The molecule has 1 unspecified atom stereocenters. The third-order valence-electron chi connectivity index (χ3n) is 6.56. The lowest BCUT2D eigenvalue weighted by Crippen LogP contribution is -2.48. The summed E-state index contributed by atoms with van der Waals surface area (Å²) in [5.74, 6) is 2.50. The highest BCUT2D eigenvalue weighted by atomic mass is 32.2. The molecular formula is C29H38N2O3S. The van der Waals surface area contributed by atoms with Crippen LogP contribution in [0.2, 0.25) is 0 Å². The van der Waals surface area contributed by atoms with Crippen molar-refractivity contribution in [3.05, 3.63) is 59.0 Å². The molecule has 1 N–H and O–H groups in total. The lowest BCUT2D eigenvalue weighted by molar-refractivity contribution is -0.129. The van der Waals surface area contributed by atoms with Gasteiger partial charge in [-0.25, -0.2) is 0 Å². The molecule has 1 saturated carbocycles. The van der Waals surface area contributed by atoms with Crippen LogP contribution in [0.25, 0.3) is 6.08 Å². The number of hydrogen-bond acceptors (Lipinski definition) is 5. The number of rotatable bonds is 9. The molecule has 1 heterocycles. The zero-order chi connectivity index (χ0) is 24.8. The van der Waals surface area contributed by atoms with E-state index in [9.17, 15) is 4.79 Å². The predicted molar refractivity (Wildman–Crippen MR) is 146 cm³/mol. The zero-order valence-electron chi connectivity index (χ0n) is 21.3. The first-order valence-corrected chi connectivity index (χ1v) is 13.8. The van der Waals surface area contributed by atoms with Crippen molar-refractivity contribution in [1.82, 2.24) is 4.90 Å². The second kappa shape index (κ2) is 11.9. The van der Waals surface area contributed by atoms with E-state index in [-0.39, 0.29) is 17.4 Å². The molecule has 5 nitrogen and oxygen atoms in total. The Kier molecular flexibility index (Phi) is 8.66. The van der Waals surface area contributed by atoms with Gasteiger partial charge < -0.3 is 19.7 Å². The number of ether oxygens (including phenoxy) is 2. The van der Waals surface area contributed by atoms with E-state index in [0.29, 0.717) is 25.0 Å². The first kappa shape index (κ1) is 25.5. The number of thioether (sulfide) groups is 1. The standard InChI is InChI=1S/C29H38N2O3S/c1-5-33-26-17-22(15-16-25(26)34-19-20(2)3)18-27-28(32)31(24-14-10-9-11-21(24)4)29(35-27)30-23-12-7-6-8-13-23/h6-8,12-13,15-18,20-21,24,29-30H,5,9-11,14,19H2,1-4H3/b27-18-/t21-,24-,29?/m0/s1. The SMILES string of the molecule is CCOc1cc(/C=C2\SC(Nc3ccccc3)N([C@H]3CCCC[C@@H]3C)C2=O)ccc1OCC(C)C. The molecule has 1 aliphatic carbocycles. The quantitative estimate of drug-likeness (QED) is 0.380. The van der Waals surface area contributed by atoms with E-state index in [0.717, 1.165) is 34.1 Å². The average molecular weight is 495 g/mol. The Labute approximate surface area is 214 Å². The summed E-state index contributed by atoms with van der Waals surface area (Å²) in [6.45, 7) is 9.70. The summed E-state index contributed by atoms with van der Waals surface area (Å²) in [5, 5.41) is 3.61. The van der Waals surface area contributed by atoms with Crippen LogP contribution in [-0.4, -0.2) is 35.6 Å². The fourth-order valence-corrected chi connectivity index (χ4v) is 5.99. The van der Waals surface area contributed by atoms with Gasteiger partial charge in [0.25, 0.3) is 5.91 Å². The fraction of sp³-hybridized carbons (Fsp3) is 0.483. The molecule has 2 aliphatic rings. The van der Waals surface area contributed by atoms with Crippen molar-refractivity contribution in [2.24, 2.45) is 11.8 Å². The summed E-state index contributed by atoms with van der Waals surface area (Å²) < 4.78 is 11.8. The molecular weight excluding hydrogens is 456 g/mol. The molecule has 2 aromatic rings. The van der Waals surface area contributed by atoms with Gasteiger partial charge in [0.05, 0.1) is 18.1 Å². The lowest BCUT2D eigenvalue weighted by Gasteiger charge is -2.39. The monoisotopic (exact) mass is 494 g/mol. The summed E-state index contributed by atoms with van der Waals surface area (Å²) in [6, 6.07) is 16.3. The minimum atomic E-state index is -0.123. The zero-order valence-corrected chi connectivity index (χ0v) is 22.1. The van der Waals surface area contributed by atoms with Crippen LogP contribution in [0, 0.1) is 11.8 Å². The molecule has 0 aromatic heterocycles. The van der Waals surface area contributed by atoms with Crippen molar-refractivity contribution in [3.8, 4) is 11.5 Å². The van der Waals surface area contributed by atoms with Crippen LogP contribution in [0.15, 0.2) is 53.4 Å². The van der Waals surface area contributed by atoms with E-state index >= 15 is 0 Å². The van der Waals surface area contributed by atoms with Gasteiger partial charge in [0, 0.05) is 11.7 Å². The number of carbonyl (C=O) groups excluding carboxylic acids is 1. The Morgan fingerprint density at radius 1 is 1.09 bits per heavy atom. The molecule has 35 heavy (non-hydrogen) atoms. The number of para-hydroxylation sites is 1. The minimum Gasteiger partial charge on any atom is -0.490 e. The molecule has 4 rings (SSSR count). The van der Waals surface area contributed by atoms with E-state index in [1.807, 2.05) is 49.4 Å². The van der Waals surface area contributed by atoms with E-state index in [4.69, 9.17) is 9.47 Å². The van der Waals surface area contributed by atoms with Gasteiger partial charge in [0.2, 0.25) is 0 Å². The molecule has 3 atom stereocenters. The Hall–Kier alpha value is -2.60. The highest BCUT2D eigenvalue weighted by molar-refractivity contribution is 8.05. The first-order valence-electron chi connectivity index (χ1n) is 12.9. The number of hydrogen-bond donors (Lipinski definition) is 1. The van der Waals surface area contributed by atoms with E-state index < -0.39 is 0 Å². The molecule has 2 fully saturated rings. The number of amides is 1. The molecule has 0 bridgehead atoms.